The number of amides is 3. The van der Waals surface area contributed by atoms with Crippen LogP contribution in [0.1, 0.15) is 36.8 Å². The highest BCUT2D eigenvalue weighted by Crippen LogP contribution is 2.08. The maximum atomic E-state index is 13.6. The Balaban J connectivity index is 2.22. The van der Waals surface area contributed by atoms with E-state index >= 15 is 0 Å². The van der Waals surface area contributed by atoms with Gasteiger partial charge in [-0.15, -0.1) is 0 Å². The topological polar surface area (TPSA) is 279 Å². The third kappa shape index (κ3) is 14.2. The lowest BCUT2D eigenvalue weighted by molar-refractivity contribution is -0.142. The second-order valence-corrected chi connectivity index (χ2v) is 10.4. The molecule has 15 heteroatoms. The van der Waals surface area contributed by atoms with Crippen LogP contribution < -0.4 is 44.6 Å². The smallest absolute Gasteiger partial charge is 0.326 e. The van der Waals surface area contributed by atoms with E-state index in [2.05, 4.69) is 25.9 Å². The van der Waals surface area contributed by atoms with Gasteiger partial charge in [-0.1, -0.05) is 60.7 Å². The van der Waals surface area contributed by atoms with Crippen LogP contribution in [0.2, 0.25) is 0 Å². The number of aliphatic imine (C=N–C) groups is 2. The Morgan fingerprint density at radius 3 is 1.53 bits per heavy atom. The number of nitrogens with zero attached hydrogens (tertiary/aromatic N) is 2. The molecule has 3 unspecified atom stereocenters. The predicted molar refractivity (Wildman–Crippen MR) is 172 cm³/mol. The van der Waals surface area contributed by atoms with Crippen molar-refractivity contribution in [2.45, 2.75) is 62.7 Å². The molecule has 14 N–H and O–H groups in total. The standard InChI is InChI=1S/C30H44N10O5/c31-21(17-19-9-3-1-4-10-19)25(41)40-24(18-20-11-5-2-6-12-20)27(43)38-22(13-7-15-36-29(32)33)26(42)39-23(28(44)45)14-8-16-37-30(34)35/h1-6,9-12,21-24H,7-8,13-18,31H2,(H,38,43)(H,39,42)(H,40,41)(H,44,45)(H4,32,33,36)(H4,34,35,37)/t21-,22?,23?,24?/m1/s1. The largest absolute Gasteiger partial charge is 0.480 e. The molecule has 4 atom stereocenters. The van der Waals surface area contributed by atoms with Gasteiger partial charge in [-0.2, -0.15) is 0 Å². The summed E-state index contributed by atoms with van der Waals surface area (Å²) in [6, 6.07) is 13.8. The Bertz CT molecular complexity index is 1300. The summed E-state index contributed by atoms with van der Waals surface area (Å²) >= 11 is 0. The Kier molecular flexibility index (Phi) is 15.3. The second-order valence-electron chi connectivity index (χ2n) is 10.4. The van der Waals surface area contributed by atoms with Crippen LogP contribution in [0, 0.1) is 0 Å². The molecule has 2 aromatic rings. The zero-order chi connectivity index (χ0) is 33.2. The van der Waals surface area contributed by atoms with E-state index in [9.17, 15) is 24.3 Å². The number of hydrogen-bond donors (Lipinski definition) is 9. The van der Waals surface area contributed by atoms with E-state index in [1.807, 2.05) is 36.4 Å². The summed E-state index contributed by atoms with van der Waals surface area (Å²) in [6.07, 6.45) is 1.05. The number of carboxylic acids is 1. The van der Waals surface area contributed by atoms with E-state index in [0.29, 0.717) is 0 Å². The van der Waals surface area contributed by atoms with Crippen LogP contribution in [0.4, 0.5) is 0 Å². The number of nitrogens with two attached hydrogens (primary N) is 5. The molecule has 0 bridgehead atoms. The molecule has 0 aliphatic rings. The summed E-state index contributed by atoms with van der Waals surface area (Å²) in [4.78, 5) is 59.7. The summed E-state index contributed by atoms with van der Waals surface area (Å²) in [7, 11) is 0. The van der Waals surface area contributed by atoms with Crippen LogP contribution in [0.25, 0.3) is 0 Å². The van der Waals surface area contributed by atoms with Gasteiger partial charge in [-0.05, 0) is 43.2 Å². The van der Waals surface area contributed by atoms with Gasteiger partial charge in [0, 0.05) is 19.5 Å². The zero-order valence-corrected chi connectivity index (χ0v) is 25.1. The van der Waals surface area contributed by atoms with Crippen molar-refractivity contribution in [3.63, 3.8) is 0 Å². The minimum absolute atomic E-state index is 0.0402. The van der Waals surface area contributed by atoms with Crippen molar-refractivity contribution in [2.75, 3.05) is 13.1 Å². The van der Waals surface area contributed by atoms with E-state index in [1.165, 1.54) is 0 Å². The van der Waals surface area contributed by atoms with Gasteiger partial charge in [-0.3, -0.25) is 24.4 Å². The molecule has 0 fully saturated rings. The van der Waals surface area contributed by atoms with Crippen molar-refractivity contribution in [1.29, 1.82) is 0 Å². The molecular formula is C30H44N10O5. The van der Waals surface area contributed by atoms with E-state index in [4.69, 9.17) is 28.7 Å². The first-order valence-electron chi connectivity index (χ1n) is 14.5. The van der Waals surface area contributed by atoms with Gasteiger partial charge in [0.1, 0.15) is 18.1 Å². The van der Waals surface area contributed by atoms with Crippen molar-refractivity contribution in [2.24, 2.45) is 38.7 Å². The van der Waals surface area contributed by atoms with E-state index in [1.54, 1.807) is 24.3 Å². The van der Waals surface area contributed by atoms with Gasteiger partial charge < -0.3 is 49.7 Å². The predicted octanol–water partition coefficient (Wildman–Crippen LogP) is -1.55. The van der Waals surface area contributed by atoms with Crippen molar-refractivity contribution >= 4 is 35.6 Å². The Morgan fingerprint density at radius 1 is 0.622 bits per heavy atom. The Morgan fingerprint density at radius 2 is 1.04 bits per heavy atom. The van der Waals surface area contributed by atoms with Gasteiger partial charge >= 0.3 is 5.97 Å². The highest BCUT2D eigenvalue weighted by atomic mass is 16.4. The number of benzene rings is 2. The average Bonchev–Trinajstić information content (AvgIpc) is 3.00. The number of carbonyl (C=O) groups is 4. The summed E-state index contributed by atoms with van der Waals surface area (Å²) in [5.41, 5.74) is 29.2. The van der Waals surface area contributed by atoms with Crippen LogP contribution in [0.5, 0.6) is 0 Å². The monoisotopic (exact) mass is 624 g/mol. The van der Waals surface area contributed by atoms with Crippen LogP contribution in [0.3, 0.4) is 0 Å². The van der Waals surface area contributed by atoms with Crippen molar-refractivity contribution < 1.29 is 24.3 Å². The number of carboxylic acid groups (broad SMARTS) is 1. The van der Waals surface area contributed by atoms with Crippen LogP contribution in [-0.4, -0.2) is 78.0 Å². The molecule has 0 saturated carbocycles. The van der Waals surface area contributed by atoms with Crippen LogP contribution in [0.15, 0.2) is 70.6 Å². The van der Waals surface area contributed by atoms with E-state index in [-0.39, 0.29) is 63.5 Å². The van der Waals surface area contributed by atoms with E-state index in [0.717, 1.165) is 11.1 Å². The van der Waals surface area contributed by atoms with Gasteiger partial charge in [0.15, 0.2) is 11.9 Å². The second kappa shape index (κ2) is 19.2. The molecule has 45 heavy (non-hydrogen) atoms. The first-order chi connectivity index (χ1) is 21.5. The molecular weight excluding hydrogens is 580 g/mol. The Hall–Kier alpha value is -5.18. The number of rotatable bonds is 19. The number of carbonyl (C=O) groups excluding carboxylic acids is 3. The van der Waals surface area contributed by atoms with Crippen molar-refractivity contribution in [3.05, 3.63) is 71.8 Å². The van der Waals surface area contributed by atoms with Crippen molar-refractivity contribution in [3.8, 4) is 0 Å². The third-order valence-electron chi connectivity index (χ3n) is 6.69. The Labute approximate surface area is 262 Å². The molecule has 0 aromatic heterocycles. The zero-order valence-electron chi connectivity index (χ0n) is 25.1. The SMILES string of the molecule is NC(N)=NCCCC(NC(=O)C(CCCN=C(N)N)NC(=O)C(Cc1ccccc1)NC(=O)[C@H](N)Cc1ccccc1)C(=O)O. The summed E-state index contributed by atoms with van der Waals surface area (Å²) in [5.74, 6) is -3.46. The number of aliphatic carboxylic acids is 1. The summed E-state index contributed by atoms with van der Waals surface area (Å²) < 4.78 is 0. The molecule has 2 aromatic carbocycles. The maximum absolute atomic E-state index is 13.6. The molecule has 244 valence electrons. The molecule has 15 nitrogen and oxygen atoms in total. The fourth-order valence-electron chi connectivity index (χ4n) is 4.38. The highest BCUT2D eigenvalue weighted by molar-refractivity contribution is 5.94. The molecule has 0 aliphatic heterocycles. The first-order valence-corrected chi connectivity index (χ1v) is 14.5. The van der Waals surface area contributed by atoms with Gasteiger partial charge in [0.2, 0.25) is 17.7 Å². The van der Waals surface area contributed by atoms with E-state index < -0.39 is 47.9 Å². The van der Waals surface area contributed by atoms with Crippen molar-refractivity contribution in [1.82, 2.24) is 16.0 Å². The lowest BCUT2D eigenvalue weighted by Gasteiger charge is -2.25. The quantitative estimate of drug-likeness (QED) is 0.0492. The van der Waals surface area contributed by atoms with Gasteiger partial charge in [0.05, 0.1) is 6.04 Å². The molecule has 0 saturated heterocycles. The van der Waals surface area contributed by atoms with Crippen LogP contribution in [-0.2, 0) is 32.0 Å². The van der Waals surface area contributed by atoms with Crippen LogP contribution >= 0.6 is 0 Å². The normalized spacial score (nSPS) is 13.3. The molecule has 0 heterocycles. The highest BCUT2D eigenvalue weighted by Gasteiger charge is 2.30. The molecule has 0 spiro atoms. The lowest BCUT2D eigenvalue weighted by Crippen LogP contribution is -2.57. The van der Waals surface area contributed by atoms with Gasteiger partial charge in [-0.25, -0.2) is 4.79 Å². The third-order valence-corrected chi connectivity index (χ3v) is 6.69. The lowest BCUT2D eigenvalue weighted by atomic mass is 10.0. The molecule has 2 rings (SSSR count). The minimum atomic E-state index is -1.26. The fraction of sp³-hybridized carbons (Fsp3) is 0.400. The van der Waals surface area contributed by atoms with Gasteiger partial charge in [0.25, 0.3) is 0 Å². The molecule has 0 aliphatic carbocycles. The fourth-order valence-corrected chi connectivity index (χ4v) is 4.38. The minimum Gasteiger partial charge on any atom is -0.480 e. The first kappa shape index (κ1) is 36.0. The maximum Gasteiger partial charge on any atom is 0.326 e. The number of nitrogens with one attached hydrogen (secondary N) is 3. The number of hydrogen-bond acceptors (Lipinski definition) is 7. The molecule has 0 radical (unpaired) electrons. The number of guanidine groups is 2. The average molecular weight is 625 g/mol. The summed E-state index contributed by atoms with van der Waals surface area (Å²) in [6.45, 7) is 0.343. The molecule has 3 amide bonds. The summed E-state index contributed by atoms with van der Waals surface area (Å²) in [5, 5.41) is 17.6.